The monoisotopic (exact) mass is 354 g/mol. The van der Waals surface area contributed by atoms with Crippen LogP contribution >= 0.6 is 23.2 Å². The number of nitrogens with one attached hydrogen (secondary N) is 1. The van der Waals surface area contributed by atoms with E-state index in [1.807, 2.05) is 0 Å². The highest BCUT2D eigenvalue weighted by Crippen LogP contribution is 2.25. The first-order valence-electron chi connectivity index (χ1n) is 6.97. The first-order valence-corrected chi connectivity index (χ1v) is 7.73. The number of aromatic nitrogens is 2. The second kappa shape index (κ2) is 8.67. The lowest BCUT2D eigenvalue weighted by Gasteiger charge is -2.09. The summed E-state index contributed by atoms with van der Waals surface area (Å²) in [6.07, 6.45) is 3.68. The van der Waals surface area contributed by atoms with Crippen molar-refractivity contribution in [1.29, 1.82) is 0 Å². The molecule has 3 N–H and O–H groups in total. The molecule has 0 aliphatic heterocycles. The van der Waals surface area contributed by atoms with Crippen molar-refractivity contribution in [2.24, 2.45) is 5.73 Å². The quantitative estimate of drug-likeness (QED) is 0.745. The minimum Gasteiger partial charge on any atom is -0.492 e. The van der Waals surface area contributed by atoms with Gasteiger partial charge >= 0.3 is 0 Å². The van der Waals surface area contributed by atoms with Crippen molar-refractivity contribution in [3.05, 3.63) is 52.0 Å². The van der Waals surface area contributed by atoms with Gasteiger partial charge in [-0.3, -0.25) is 4.79 Å². The fraction of sp³-hybridized carbons (Fsp3) is 0.267. The van der Waals surface area contributed by atoms with Gasteiger partial charge < -0.3 is 15.8 Å². The maximum Gasteiger partial charge on any atom is 0.251 e. The van der Waals surface area contributed by atoms with E-state index in [1.54, 1.807) is 18.2 Å². The average molecular weight is 355 g/mol. The molecule has 0 aliphatic carbocycles. The van der Waals surface area contributed by atoms with Gasteiger partial charge in [-0.15, -0.1) is 0 Å². The highest BCUT2D eigenvalue weighted by atomic mass is 35.5. The van der Waals surface area contributed by atoms with Crippen LogP contribution in [0.2, 0.25) is 10.0 Å². The first-order chi connectivity index (χ1) is 11.1. The van der Waals surface area contributed by atoms with E-state index in [-0.39, 0.29) is 12.5 Å². The van der Waals surface area contributed by atoms with E-state index in [2.05, 4.69) is 15.3 Å². The number of rotatable bonds is 7. The lowest BCUT2D eigenvalue weighted by atomic mass is 10.2. The highest BCUT2D eigenvalue weighted by molar-refractivity contribution is 6.32. The smallest absolute Gasteiger partial charge is 0.251 e. The number of hydrogen-bond acceptors (Lipinski definition) is 5. The molecule has 0 unspecified atom stereocenters. The van der Waals surface area contributed by atoms with Crippen LogP contribution in [0.4, 0.5) is 0 Å². The van der Waals surface area contributed by atoms with Gasteiger partial charge in [0, 0.05) is 18.0 Å². The SMILES string of the molecule is NCCCOc1ccc(C(=O)NCc2ncc(Cl)cn2)cc1Cl. The Balaban J connectivity index is 1.94. The number of halogens is 2. The van der Waals surface area contributed by atoms with E-state index >= 15 is 0 Å². The lowest BCUT2D eigenvalue weighted by Crippen LogP contribution is -2.23. The Morgan fingerprint density at radius 3 is 2.65 bits per heavy atom. The third-order valence-corrected chi connectivity index (χ3v) is 3.37. The number of benzene rings is 1. The number of ether oxygens (including phenoxy) is 1. The predicted molar refractivity (Wildman–Crippen MR) is 88.8 cm³/mol. The molecule has 0 spiro atoms. The van der Waals surface area contributed by atoms with Gasteiger partial charge in [-0.05, 0) is 31.2 Å². The Labute approximate surface area is 144 Å². The van der Waals surface area contributed by atoms with E-state index in [9.17, 15) is 4.79 Å². The molecule has 1 aromatic carbocycles. The molecule has 1 amide bonds. The molecular formula is C15H16Cl2N4O2. The maximum absolute atomic E-state index is 12.1. The zero-order valence-corrected chi connectivity index (χ0v) is 13.8. The fourth-order valence-electron chi connectivity index (χ4n) is 1.72. The zero-order chi connectivity index (χ0) is 16.7. The van der Waals surface area contributed by atoms with Gasteiger partial charge in [-0.2, -0.15) is 0 Å². The summed E-state index contributed by atoms with van der Waals surface area (Å²) in [6, 6.07) is 4.85. The van der Waals surface area contributed by atoms with Gasteiger partial charge in [-0.1, -0.05) is 23.2 Å². The highest BCUT2D eigenvalue weighted by Gasteiger charge is 2.10. The molecular weight excluding hydrogens is 339 g/mol. The summed E-state index contributed by atoms with van der Waals surface area (Å²) < 4.78 is 5.48. The Kier molecular flexibility index (Phi) is 6.58. The van der Waals surface area contributed by atoms with Crippen LogP contribution < -0.4 is 15.8 Å². The molecule has 2 rings (SSSR count). The van der Waals surface area contributed by atoms with E-state index in [0.717, 1.165) is 6.42 Å². The molecule has 1 aromatic heterocycles. The maximum atomic E-state index is 12.1. The summed E-state index contributed by atoms with van der Waals surface area (Å²) in [7, 11) is 0. The van der Waals surface area contributed by atoms with E-state index in [1.165, 1.54) is 12.4 Å². The minimum atomic E-state index is -0.279. The molecule has 0 saturated heterocycles. The number of nitrogens with two attached hydrogens (primary N) is 1. The van der Waals surface area contributed by atoms with Crippen molar-refractivity contribution in [2.75, 3.05) is 13.2 Å². The lowest BCUT2D eigenvalue weighted by molar-refractivity contribution is 0.0950. The summed E-state index contributed by atoms with van der Waals surface area (Å²) in [6.45, 7) is 1.23. The molecule has 6 nitrogen and oxygen atoms in total. The Hall–Kier alpha value is -1.89. The third-order valence-electron chi connectivity index (χ3n) is 2.88. The summed E-state index contributed by atoms with van der Waals surface area (Å²) >= 11 is 11.8. The normalized spacial score (nSPS) is 10.4. The van der Waals surface area contributed by atoms with Gasteiger partial charge in [-0.25, -0.2) is 9.97 Å². The Morgan fingerprint density at radius 1 is 1.26 bits per heavy atom. The van der Waals surface area contributed by atoms with Crippen LogP contribution in [0.3, 0.4) is 0 Å². The molecule has 2 aromatic rings. The molecule has 0 fully saturated rings. The number of nitrogens with zero attached hydrogens (tertiary/aromatic N) is 2. The molecule has 23 heavy (non-hydrogen) atoms. The van der Waals surface area contributed by atoms with Crippen LogP contribution in [-0.4, -0.2) is 29.0 Å². The van der Waals surface area contributed by atoms with Crippen molar-refractivity contribution in [2.45, 2.75) is 13.0 Å². The van der Waals surface area contributed by atoms with Crippen LogP contribution in [0.5, 0.6) is 5.75 Å². The van der Waals surface area contributed by atoms with Gasteiger partial charge in [0.2, 0.25) is 0 Å². The molecule has 0 atom stereocenters. The number of carbonyl (C=O) groups excluding carboxylic acids is 1. The molecule has 0 radical (unpaired) electrons. The van der Waals surface area contributed by atoms with Crippen LogP contribution in [0.1, 0.15) is 22.6 Å². The van der Waals surface area contributed by atoms with E-state index in [0.29, 0.717) is 40.3 Å². The van der Waals surface area contributed by atoms with E-state index in [4.69, 9.17) is 33.7 Å². The van der Waals surface area contributed by atoms with Crippen LogP contribution in [0.25, 0.3) is 0 Å². The van der Waals surface area contributed by atoms with Gasteiger partial charge in [0.1, 0.15) is 11.6 Å². The molecule has 0 saturated carbocycles. The van der Waals surface area contributed by atoms with Crippen molar-refractivity contribution >= 4 is 29.1 Å². The van der Waals surface area contributed by atoms with Gasteiger partial charge in [0.15, 0.2) is 0 Å². The topological polar surface area (TPSA) is 90.1 Å². The fourth-order valence-corrected chi connectivity index (χ4v) is 2.05. The molecule has 122 valence electrons. The van der Waals surface area contributed by atoms with Gasteiger partial charge in [0.25, 0.3) is 5.91 Å². The Morgan fingerprint density at radius 2 is 2.00 bits per heavy atom. The van der Waals surface area contributed by atoms with Crippen molar-refractivity contribution in [1.82, 2.24) is 15.3 Å². The van der Waals surface area contributed by atoms with Crippen molar-refractivity contribution in [3.8, 4) is 5.75 Å². The second-order valence-electron chi connectivity index (χ2n) is 4.64. The summed E-state index contributed by atoms with van der Waals surface area (Å²) in [5, 5.41) is 3.53. The molecule has 1 heterocycles. The van der Waals surface area contributed by atoms with E-state index < -0.39 is 0 Å². The molecule has 8 heteroatoms. The largest absolute Gasteiger partial charge is 0.492 e. The first kappa shape index (κ1) is 17.5. The zero-order valence-electron chi connectivity index (χ0n) is 12.3. The van der Waals surface area contributed by atoms with Crippen LogP contribution in [-0.2, 0) is 6.54 Å². The van der Waals surface area contributed by atoms with Gasteiger partial charge in [0.05, 0.1) is 23.2 Å². The number of carbonyl (C=O) groups is 1. The third kappa shape index (κ3) is 5.35. The summed E-state index contributed by atoms with van der Waals surface area (Å²) in [4.78, 5) is 20.1. The molecule has 0 bridgehead atoms. The average Bonchev–Trinajstić information content (AvgIpc) is 2.55. The van der Waals surface area contributed by atoms with Crippen LogP contribution in [0, 0.1) is 0 Å². The number of hydrogen-bond donors (Lipinski definition) is 2. The standard InChI is InChI=1S/C15H16Cl2N4O2/c16-11-7-19-14(20-8-11)9-21-15(22)10-2-3-13(12(17)6-10)23-5-1-4-18/h2-3,6-8H,1,4-5,9,18H2,(H,21,22). The van der Waals surface area contributed by atoms with Crippen molar-refractivity contribution in [3.63, 3.8) is 0 Å². The summed E-state index contributed by atoms with van der Waals surface area (Å²) in [5.41, 5.74) is 5.83. The predicted octanol–water partition coefficient (Wildman–Crippen LogP) is 2.44. The minimum absolute atomic E-state index is 0.197. The van der Waals surface area contributed by atoms with Crippen LogP contribution in [0.15, 0.2) is 30.6 Å². The van der Waals surface area contributed by atoms with Crippen molar-refractivity contribution < 1.29 is 9.53 Å². The summed E-state index contributed by atoms with van der Waals surface area (Å²) in [5.74, 6) is 0.715. The second-order valence-corrected chi connectivity index (χ2v) is 5.48. The number of amides is 1. The Bertz CT molecular complexity index is 665. The molecule has 0 aliphatic rings.